The second kappa shape index (κ2) is 10.9. The minimum absolute atomic E-state index is 0.171. The van der Waals surface area contributed by atoms with Crippen LogP contribution in [0.4, 0.5) is 0 Å². The Morgan fingerprint density at radius 3 is 1.67 bits per heavy atom. The Hall–Kier alpha value is -6.70. The van der Waals surface area contributed by atoms with Crippen molar-refractivity contribution in [1.29, 1.82) is 0 Å². The highest BCUT2D eigenvalue weighted by Crippen LogP contribution is 2.47. The van der Waals surface area contributed by atoms with Crippen LogP contribution in [0, 0.1) is 0 Å². The highest BCUT2D eigenvalue weighted by molar-refractivity contribution is 6.26. The fourth-order valence-corrected chi connectivity index (χ4v) is 8.10. The lowest BCUT2D eigenvalue weighted by Crippen LogP contribution is -1.92. The lowest BCUT2D eigenvalue weighted by molar-refractivity contribution is 0.669. The first kappa shape index (κ1) is 21.4. The number of rotatable bonds is 3. The monoisotopic (exact) mass is 654 g/mol. The quantitative estimate of drug-likeness (QED) is 0.136. The Balaban J connectivity index is 1.33. The van der Waals surface area contributed by atoms with E-state index in [1.54, 1.807) is 6.07 Å². The third-order valence-electron chi connectivity index (χ3n) is 10.3. The molecule has 51 heavy (non-hydrogen) atoms. The first-order valence-corrected chi connectivity index (χ1v) is 16.9. The number of hydrogen-bond donors (Lipinski definition) is 0. The van der Waals surface area contributed by atoms with E-state index in [0.717, 1.165) is 54.2 Å². The van der Waals surface area contributed by atoms with Crippen molar-refractivity contribution in [2.75, 3.05) is 0 Å². The van der Waals surface area contributed by atoms with Gasteiger partial charge in [0, 0.05) is 10.8 Å². The average Bonchev–Trinajstić information content (AvgIpc) is 3.66. The molecule has 1 aromatic heterocycles. The van der Waals surface area contributed by atoms with Gasteiger partial charge < -0.3 is 4.42 Å². The molecule has 0 saturated heterocycles. The largest absolute Gasteiger partial charge is 0.456 e. The van der Waals surface area contributed by atoms with E-state index < -0.39 is 24.2 Å². The van der Waals surface area contributed by atoms with Crippen LogP contribution in [0.1, 0.15) is 11.0 Å². The van der Waals surface area contributed by atoms with E-state index in [-0.39, 0.29) is 45.7 Å². The minimum atomic E-state index is -0.437. The van der Waals surface area contributed by atoms with Gasteiger partial charge in [0.05, 0.1) is 11.0 Å². The van der Waals surface area contributed by atoms with Gasteiger partial charge in [-0.15, -0.1) is 0 Å². The highest BCUT2D eigenvalue weighted by Gasteiger charge is 2.20. The van der Waals surface area contributed by atoms with Gasteiger partial charge in [-0.3, -0.25) is 0 Å². The van der Waals surface area contributed by atoms with Crippen molar-refractivity contribution in [2.45, 2.75) is 0 Å². The van der Waals surface area contributed by atoms with Crippen LogP contribution in [-0.2, 0) is 0 Å². The molecule has 0 unspecified atom stereocenters. The summed E-state index contributed by atoms with van der Waals surface area (Å²) in [6.07, 6.45) is 0. The standard InChI is InChI=1S/C50H30O/c1-2-12-31(13-3-1)34-20-10-21-36-37-22-11-23-40(39(37)27-26-38(34)36)49-43-18-8-6-16-41(43)48(42-17-7-9-19-44(42)49)33-25-28-46-45(30-33)50-35-15-5-4-14-32(35)24-29-47(50)51-46/h1-30H/i6D,7D,8D,9D,16D,17D,18D,19D. The van der Waals surface area contributed by atoms with Crippen LogP contribution < -0.4 is 0 Å². The maximum Gasteiger partial charge on any atom is 0.136 e. The van der Waals surface area contributed by atoms with Crippen molar-refractivity contribution in [3.63, 3.8) is 0 Å². The summed E-state index contributed by atoms with van der Waals surface area (Å²) in [5.41, 5.74) is 5.18. The minimum Gasteiger partial charge on any atom is -0.456 e. The van der Waals surface area contributed by atoms with Crippen LogP contribution in [-0.4, -0.2) is 0 Å². The van der Waals surface area contributed by atoms with Crippen LogP contribution in [0.5, 0.6) is 0 Å². The summed E-state index contributed by atoms with van der Waals surface area (Å²) in [4.78, 5) is 0. The molecular weight excluding hydrogens is 617 g/mol. The van der Waals surface area contributed by atoms with Gasteiger partial charge >= 0.3 is 0 Å². The lowest BCUT2D eigenvalue weighted by Gasteiger charge is -2.19. The molecule has 0 radical (unpaired) electrons. The average molecular weight is 655 g/mol. The first-order chi connectivity index (χ1) is 28.6. The Morgan fingerprint density at radius 2 is 0.941 bits per heavy atom. The zero-order valence-corrected chi connectivity index (χ0v) is 27.1. The van der Waals surface area contributed by atoms with Crippen molar-refractivity contribution in [2.24, 2.45) is 0 Å². The predicted octanol–water partition coefficient (Wildman–Crippen LogP) is 14.4. The van der Waals surface area contributed by atoms with Gasteiger partial charge in [-0.05, 0) is 105 Å². The molecular formula is C50H30O. The maximum absolute atomic E-state index is 9.54. The number of hydrogen-bond acceptors (Lipinski definition) is 1. The third-order valence-corrected chi connectivity index (χ3v) is 10.3. The molecule has 10 aromatic carbocycles. The van der Waals surface area contributed by atoms with E-state index in [1.807, 2.05) is 97.1 Å². The number of fused-ring (bicyclic) bond motifs is 10. The molecule has 1 heteroatoms. The Labute approximate surface area is 305 Å². The van der Waals surface area contributed by atoms with Gasteiger partial charge in [-0.1, -0.05) is 164 Å². The third kappa shape index (κ3) is 4.16. The lowest BCUT2D eigenvalue weighted by atomic mass is 9.84. The van der Waals surface area contributed by atoms with Crippen molar-refractivity contribution in [1.82, 2.24) is 0 Å². The Morgan fingerprint density at radius 1 is 0.353 bits per heavy atom. The Kier molecular flexibility index (Phi) is 4.57. The summed E-state index contributed by atoms with van der Waals surface area (Å²) in [5, 5.41) is 8.05. The van der Waals surface area contributed by atoms with E-state index in [0.29, 0.717) is 33.4 Å². The molecule has 0 aliphatic carbocycles. The normalized spacial score (nSPS) is 14.1. The van der Waals surface area contributed by atoms with E-state index in [4.69, 9.17) is 9.90 Å². The van der Waals surface area contributed by atoms with Crippen molar-refractivity contribution in [3.05, 3.63) is 182 Å². The van der Waals surface area contributed by atoms with Gasteiger partial charge in [0.15, 0.2) is 0 Å². The zero-order chi connectivity index (χ0) is 40.4. The molecule has 236 valence electrons. The molecule has 1 nitrogen and oxygen atoms in total. The van der Waals surface area contributed by atoms with E-state index in [1.165, 1.54) is 0 Å². The fourth-order valence-electron chi connectivity index (χ4n) is 8.10. The van der Waals surface area contributed by atoms with Gasteiger partial charge in [-0.25, -0.2) is 0 Å². The van der Waals surface area contributed by atoms with Gasteiger partial charge in [0.2, 0.25) is 0 Å². The van der Waals surface area contributed by atoms with Crippen molar-refractivity contribution >= 4 is 75.8 Å². The first-order valence-electron chi connectivity index (χ1n) is 20.9. The topological polar surface area (TPSA) is 13.1 Å². The highest BCUT2D eigenvalue weighted by atomic mass is 16.3. The van der Waals surface area contributed by atoms with Crippen LogP contribution in [0.15, 0.2) is 186 Å². The van der Waals surface area contributed by atoms with Crippen molar-refractivity contribution in [3.8, 4) is 33.4 Å². The summed E-state index contributed by atoms with van der Waals surface area (Å²) in [7, 11) is 0. The SMILES string of the molecule is [2H]c1c([2H])c([2H])c2c(-c3cccc4c3ccc3c(-c5ccccc5)cccc34)c3c([2H])c([2H])c([2H])c([2H])c3c(-c3ccc4oc5ccc6ccccc6c5c4c3)c2c1[2H]. The summed E-state index contributed by atoms with van der Waals surface area (Å²) in [6.45, 7) is 0. The van der Waals surface area contributed by atoms with Crippen LogP contribution in [0.2, 0.25) is 0 Å². The molecule has 0 N–H and O–H groups in total. The fraction of sp³-hybridized carbons (Fsp3) is 0. The van der Waals surface area contributed by atoms with E-state index >= 15 is 0 Å². The second-order valence-corrected chi connectivity index (χ2v) is 13.0. The van der Waals surface area contributed by atoms with E-state index in [2.05, 4.69) is 30.3 Å². The summed E-state index contributed by atoms with van der Waals surface area (Å²) in [6, 6.07) is 40.7. The molecule has 0 spiro atoms. The van der Waals surface area contributed by atoms with Gasteiger partial charge in [0.1, 0.15) is 11.2 Å². The molecule has 0 aliphatic rings. The number of benzene rings is 10. The number of furan rings is 1. The molecule has 0 aliphatic heterocycles. The van der Waals surface area contributed by atoms with Gasteiger partial charge in [0.25, 0.3) is 0 Å². The summed E-state index contributed by atoms with van der Waals surface area (Å²) < 4.78 is 80.2. The Bertz CT molecular complexity index is 3570. The zero-order valence-electron chi connectivity index (χ0n) is 35.1. The van der Waals surface area contributed by atoms with Crippen LogP contribution in [0.3, 0.4) is 0 Å². The molecule has 0 atom stereocenters. The second-order valence-electron chi connectivity index (χ2n) is 13.0. The van der Waals surface area contributed by atoms with Crippen molar-refractivity contribution < 1.29 is 15.4 Å². The molecule has 0 amide bonds. The predicted molar refractivity (Wildman–Crippen MR) is 218 cm³/mol. The van der Waals surface area contributed by atoms with E-state index in [9.17, 15) is 5.48 Å². The molecule has 1 heterocycles. The van der Waals surface area contributed by atoms with Gasteiger partial charge in [-0.2, -0.15) is 0 Å². The summed E-state index contributed by atoms with van der Waals surface area (Å²) in [5.74, 6) is 0. The maximum atomic E-state index is 9.54. The van der Waals surface area contributed by atoms with Crippen LogP contribution >= 0.6 is 0 Å². The molecule has 11 aromatic rings. The molecule has 0 saturated carbocycles. The molecule has 0 fully saturated rings. The summed E-state index contributed by atoms with van der Waals surface area (Å²) >= 11 is 0. The smallest absolute Gasteiger partial charge is 0.136 e. The molecule has 0 bridgehead atoms. The molecule has 11 rings (SSSR count). The van der Waals surface area contributed by atoms with Crippen LogP contribution in [0.25, 0.3) is 109 Å².